The van der Waals surface area contributed by atoms with Gasteiger partial charge in [-0.25, -0.2) is 4.57 Å². The fraction of sp³-hybridized carbons (Fsp3) is 0.778. The second-order valence-electron chi connectivity index (χ2n) is 14.8. The van der Waals surface area contributed by atoms with Crippen LogP contribution in [0.3, 0.4) is 0 Å². The Morgan fingerprint density at radius 2 is 0.982 bits per heavy atom. The molecule has 0 aromatic carbocycles. The van der Waals surface area contributed by atoms with Crippen LogP contribution in [0.4, 0.5) is 0 Å². The number of hydrogen-bond donors (Lipinski definition) is 3. The van der Waals surface area contributed by atoms with Crippen molar-refractivity contribution < 1.29 is 47.8 Å². The Hall–Kier alpha value is -2.07. The molecule has 0 radical (unpaired) electrons. The number of carbonyl (C=O) groups is 2. The van der Waals surface area contributed by atoms with Crippen LogP contribution < -0.4 is 0 Å². The van der Waals surface area contributed by atoms with E-state index in [2.05, 4.69) is 36.6 Å². The van der Waals surface area contributed by atoms with Crippen LogP contribution in [0.25, 0.3) is 0 Å². The van der Waals surface area contributed by atoms with Gasteiger partial charge in [0.25, 0.3) is 0 Å². The van der Waals surface area contributed by atoms with Crippen LogP contribution in [0.2, 0.25) is 0 Å². The smallest absolute Gasteiger partial charge is 0.462 e. The van der Waals surface area contributed by atoms with Gasteiger partial charge in [0, 0.05) is 12.8 Å². The highest BCUT2D eigenvalue weighted by Gasteiger charge is 2.27. The Kier molecular flexibility index (Phi) is 39.6. The molecule has 11 heteroatoms. The van der Waals surface area contributed by atoms with Crippen LogP contribution in [-0.4, -0.2) is 65.7 Å². The molecule has 0 rings (SSSR count). The molecule has 3 N–H and O–H groups in total. The van der Waals surface area contributed by atoms with Gasteiger partial charge in [0.2, 0.25) is 0 Å². The number of rotatable bonds is 41. The van der Waals surface area contributed by atoms with Crippen molar-refractivity contribution in [2.45, 2.75) is 199 Å². The highest BCUT2D eigenvalue weighted by Crippen LogP contribution is 2.43. The maximum atomic E-state index is 12.6. The normalized spacial score (nSPS) is 14.3. The van der Waals surface area contributed by atoms with Crippen molar-refractivity contribution in [3.63, 3.8) is 0 Å². The van der Waals surface area contributed by atoms with Crippen LogP contribution in [0.15, 0.2) is 48.6 Å². The lowest BCUT2D eigenvalue weighted by atomic mass is 10.0. The summed E-state index contributed by atoms with van der Waals surface area (Å²) in [6, 6.07) is 0. The van der Waals surface area contributed by atoms with E-state index >= 15 is 0 Å². The van der Waals surface area contributed by atoms with Crippen molar-refractivity contribution in [3.05, 3.63) is 48.6 Å². The molecule has 3 atom stereocenters. The summed E-state index contributed by atoms with van der Waals surface area (Å²) in [7, 11) is -4.62. The molecule has 0 saturated heterocycles. The summed E-state index contributed by atoms with van der Waals surface area (Å²) in [5.74, 6) is -0.948. The van der Waals surface area contributed by atoms with Gasteiger partial charge in [-0.1, -0.05) is 191 Å². The molecule has 0 fully saturated rings. The maximum Gasteiger partial charge on any atom is 0.472 e. The number of unbranched alkanes of at least 4 members (excludes halogenated alkanes) is 22. The van der Waals surface area contributed by atoms with Crippen molar-refractivity contribution in [2.24, 2.45) is 0 Å². The molecule has 56 heavy (non-hydrogen) atoms. The van der Waals surface area contributed by atoms with Crippen LogP contribution in [-0.2, 0) is 32.7 Å². The van der Waals surface area contributed by atoms with Crippen molar-refractivity contribution in [3.8, 4) is 0 Å². The molecule has 0 bridgehead atoms. The Balaban J connectivity index is 4.29. The number of aliphatic hydroxyl groups excluding tert-OH is 2. The number of carbonyl (C=O) groups excluding carboxylic acids is 2. The average molecular weight is 813 g/mol. The fourth-order valence-corrected chi connectivity index (χ4v) is 6.74. The van der Waals surface area contributed by atoms with Gasteiger partial charge in [0.05, 0.1) is 19.8 Å². The lowest BCUT2D eigenvalue weighted by molar-refractivity contribution is -0.161. The first-order valence-electron chi connectivity index (χ1n) is 22.1. The summed E-state index contributed by atoms with van der Waals surface area (Å²) in [6.45, 7) is 2.23. The van der Waals surface area contributed by atoms with Gasteiger partial charge >= 0.3 is 19.8 Å². The van der Waals surface area contributed by atoms with E-state index in [1.165, 1.54) is 89.9 Å². The molecule has 10 nitrogen and oxygen atoms in total. The van der Waals surface area contributed by atoms with Crippen LogP contribution in [0.1, 0.15) is 187 Å². The Labute approximate surface area is 341 Å². The second-order valence-corrected chi connectivity index (χ2v) is 16.2. The van der Waals surface area contributed by atoms with E-state index in [1.807, 2.05) is 30.4 Å². The zero-order valence-electron chi connectivity index (χ0n) is 35.3. The average Bonchev–Trinajstić information content (AvgIpc) is 3.19. The van der Waals surface area contributed by atoms with Crippen molar-refractivity contribution in [1.82, 2.24) is 0 Å². The topological polar surface area (TPSA) is 149 Å². The molecule has 0 amide bonds. The summed E-state index contributed by atoms with van der Waals surface area (Å²) in [6.07, 6.45) is 43.6. The lowest BCUT2D eigenvalue weighted by Gasteiger charge is -2.20. The molecule has 0 saturated carbocycles. The molecule has 0 heterocycles. The molecular weight excluding hydrogens is 731 g/mol. The van der Waals surface area contributed by atoms with Gasteiger partial charge in [0.1, 0.15) is 12.7 Å². The number of aliphatic hydroxyl groups is 2. The Morgan fingerprint density at radius 3 is 1.48 bits per heavy atom. The van der Waals surface area contributed by atoms with Gasteiger partial charge < -0.3 is 24.6 Å². The van der Waals surface area contributed by atoms with Crippen molar-refractivity contribution >= 4 is 19.8 Å². The summed E-state index contributed by atoms with van der Waals surface area (Å²) in [5, 5.41) is 18.3. The molecule has 0 aliphatic carbocycles. The lowest BCUT2D eigenvalue weighted by Crippen LogP contribution is -2.29. The predicted molar refractivity (Wildman–Crippen MR) is 228 cm³/mol. The Bertz CT molecular complexity index is 1070. The molecule has 0 aromatic rings. The van der Waals surface area contributed by atoms with Crippen LogP contribution in [0, 0.1) is 0 Å². The number of ether oxygens (including phenoxy) is 2. The minimum atomic E-state index is -4.62. The SMILES string of the molecule is CC/C=C/C=C/C=C/C=C/CCCCCCCC(=O)OC[C@H](COP(=O)(O)OC[C@@H](O)CO)OC(=O)CCCCCCCCCCCCCCCCCCCC. The first kappa shape index (κ1) is 53.9. The summed E-state index contributed by atoms with van der Waals surface area (Å²) in [5.41, 5.74) is 0. The molecule has 0 aromatic heterocycles. The molecule has 1 unspecified atom stereocenters. The van der Waals surface area contributed by atoms with Crippen LogP contribution in [0.5, 0.6) is 0 Å². The van der Waals surface area contributed by atoms with E-state index in [-0.39, 0.29) is 19.4 Å². The summed E-state index contributed by atoms with van der Waals surface area (Å²) < 4.78 is 32.7. The predicted octanol–water partition coefficient (Wildman–Crippen LogP) is 11.7. The Morgan fingerprint density at radius 1 is 0.554 bits per heavy atom. The minimum absolute atomic E-state index is 0.180. The van der Waals surface area contributed by atoms with E-state index in [9.17, 15) is 24.2 Å². The zero-order chi connectivity index (χ0) is 41.2. The quantitative estimate of drug-likeness (QED) is 0.0236. The largest absolute Gasteiger partial charge is 0.472 e. The molecule has 0 aliphatic rings. The third-order valence-electron chi connectivity index (χ3n) is 9.34. The van der Waals surface area contributed by atoms with Gasteiger partial charge in [-0.05, 0) is 32.1 Å². The number of phosphoric acid groups is 1. The van der Waals surface area contributed by atoms with E-state index in [0.717, 1.165) is 57.8 Å². The highest BCUT2D eigenvalue weighted by atomic mass is 31.2. The monoisotopic (exact) mass is 813 g/mol. The van der Waals surface area contributed by atoms with Gasteiger partial charge in [-0.2, -0.15) is 0 Å². The standard InChI is InChI=1S/C45H81O10P/c1-3-5-7-9-11-13-15-17-19-20-21-23-25-27-29-31-33-35-37-45(49)55-43(41-54-56(50,51)53-39-42(47)38-46)40-52-44(48)36-34-32-30-28-26-24-22-18-16-14-12-10-8-6-4-2/h6,8,10,12,14,16,18,22,42-43,46-47H,3-5,7,9,11,13,15,17,19-21,23-41H2,1-2H3,(H,50,51)/b8-6+,12-10+,16-14+,22-18+/t42-,43+/m0/s1. The summed E-state index contributed by atoms with van der Waals surface area (Å²) >= 11 is 0. The number of phosphoric ester groups is 1. The third kappa shape index (κ3) is 40.1. The molecular formula is C45H81O10P. The van der Waals surface area contributed by atoms with E-state index < -0.39 is 51.8 Å². The van der Waals surface area contributed by atoms with E-state index in [0.29, 0.717) is 12.8 Å². The molecule has 326 valence electrons. The van der Waals surface area contributed by atoms with Crippen molar-refractivity contribution in [2.75, 3.05) is 26.4 Å². The van der Waals surface area contributed by atoms with Gasteiger partial charge in [-0.15, -0.1) is 0 Å². The van der Waals surface area contributed by atoms with Crippen molar-refractivity contribution in [1.29, 1.82) is 0 Å². The molecule has 0 aliphatic heterocycles. The van der Waals surface area contributed by atoms with Gasteiger partial charge in [-0.3, -0.25) is 18.6 Å². The minimum Gasteiger partial charge on any atom is -0.462 e. The maximum absolute atomic E-state index is 12.6. The van der Waals surface area contributed by atoms with Crippen LogP contribution >= 0.6 is 7.82 Å². The highest BCUT2D eigenvalue weighted by molar-refractivity contribution is 7.47. The number of hydrogen-bond acceptors (Lipinski definition) is 9. The zero-order valence-corrected chi connectivity index (χ0v) is 36.2. The number of allylic oxidation sites excluding steroid dienone is 8. The first-order valence-corrected chi connectivity index (χ1v) is 23.6. The number of esters is 2. The summed E-state index contributed by atoms with van der Waals surface area (Å²) in [4.78, 5) is 35.0. The van der Waals surface area contributed by atoms with E-state index in [4.69, 9.17) is 19.1 Å². The third-order valence-corrected chi connectivity index (χ3v) is 10.3. The second kappa shape index (κ2) is 41.1. The van der Waals surface area contributed by atoms with Gasteiger partial charge in [0.15, 0.2) is 6.10 Å². The fourth-order valence-electron chi connectivity index (χ4n) is 5.95. The first-order chi connectivity index (χ1) is 27.2. The molecule has 0 spiro atoms. The van der Waals surface area contributed by atoms with E-state index in [1.54, 1.807) is 0 Å².